The van der Waals surface area contributed by atoms with Gasteiger partial charge in [0.2, 0.25) is 0 Å². The summed E-state index contributed by atoms with van der Waals surface area (Å²) in [4.78, 5) is 0. The average molecular weight is 308 g/mol. The number of benzene rings is 1. The number of halogens is 1. The Morgan fingerprint density at radius 1 is 1.22 bits per heavy atom. The van der Waals surface area contributed by atoms with Gasteiger partial charge in [-0.1, -0.05) is 19.9 Å². The second kappa shape index (κ2) is 5.57. The molecule has 0 fully saturated rings. The Hall–Kier alpha value is -1.29. The normalized spacial score (nSPS) is 10.8. The Labute approximate surface area is 116 Å². The molecule has 0 atom stereocenters. The van der Waals surface area contributed by atoms with E-state index in [0.717, 1.165) is 35.2 Å². The summed E-state index contributed by atoms with van der Waals surface area (Å²) < 4.78 is 3.01. The van der Waals surface area contributed by atoms with Crippen LogP contribution in [-0.4, -0.2) is 9.78 Å². The third kappa shape index (κ3) is 2.75. The van der Waals surface area contributed by atoms with Crippen LogP contribution in [0.2, 0.25) is 0 Å². The number of nitrogen functional groups attached to an aromatic ring is 1. The molecule has 2 aromatic rings. The second-order valence-corrected chi connectivity index (χ2v) is 5.20. The maximum Gasteiger partial charge on any atom is 0.0663 e. The molecule has 2 rings (SSSR count). The molecule has 1 heterocycles. The van der Waals surface area contributed by atoms with E-state index in [4.69, 9.17) is 5.73 Å². The molecule has 0 amide bonds. The molecule has 2 N–H and O–H groups in total. The summed E-state index contributed by atoms with van der Waals surface area (Å²) in [6, 6.07) is 8.24. The monoisotopic (exact) mass is 307 g/mol. The lowest BCUT2D eigenvalue weighted by Gasteiger charge is -2.07. The number of nitrogens with zero attached hydrogens (tertiary/aromatic N) is 2. The van der Waals surface area contributed by atoms with Crippen molar-refractivity contribution in [2.75, 3.05) is 5.73 Å². The molecule has 18 heavy (non-hydrogen) atoms. The minimum absolute atomic E-state index is 0.772. The molecule has 0 aliphatic carbocycles. The largest absolute Gasteiger partial charge is 0.398 e. The molecule has 1 aromatic heterocycles. The number of nitrogens with two attached hydrogens (primary N) is 1. The molecule has 4 heteroatoms. The highest BCUT2D eigenvalue weighted by Crippen LogP contribution is 2.21. The number of hydrogen-bond acceptors (Lipinski definition) is 2. The van der Waals surface area contributed by atoms with Gasteiger partial charge in [0.05, 0.1) is 12.2 Å². The maximum absolute atomic E-state index is 5.90. The number of aromatic nitrogens is 2. The number of aryl methyl sites for hydroxylation is 2. The first kappa shape index (κ1) is 13.1. The number of rotatable bonds is 4. The van der Waals surface area contributed by atoms with Gasteiger partial charge in [-0.2, -0.15) is 5.10 Å². The van der Waals surface area contributed by atoms with Crippen molar-refractivity contribution in [3.8, 4) is 0 Å². The molecule has 0 saturated heterocycles. The summed E-state index contributed by atoms with van der Waals surface area (Å²) in [5.41, 5.74) is 10.3. The zero-order chi connectivity index (χ0) is 13.1. The molecular weight excluding hydrogens is 290 g/mol. The van der Waals surface area contributed by atoms with Crippen LogP contribution in [0.25, 0.3) is 0 Å². The van der Waals surface area contributed by atoms with Crippen LogP contribution in [0.4, 0.5) is 5.69 Å². The van der Waals surface area contributed by atoms with Crippen molar-refractivity contribution in [2.45, 2.75) is 33.2 Å². The van der Waals surface area contributed by atoms with E-state index in [0.29, 0.717) is 0 Å². The number of anilines is 1. The Morgan fingerprint density at radius 2 is 2.00 bits per heavy atom. The van der Waals surface area contributed by atoms with Gasteiger partial charge in [0.1, 0.15) is 0 Å². The summed E-state index contributed by atoms with van der Waals surface area (Å²) in [5, 5.41) is 4.61. The van der Waals surface area contributed by atoms with Gasteiger partial charge in [-0.05, 0) is 52.5 Å². The lowest BCUT2D eigenvalue weighted by Crippen LogP contribution is -2.06. The minimum atomic E-state index is 0.772. The van der Waals surface area contributed by atoms with Gasteiger partial charge in [0.15, 0.2) is 0 Å². The van der Waals surface area contributed by atoms with Crippen molar-refractivity contribution in [1.82, 2.24) is 9.78 Å². The third-order valence-corrected chi connectivity index (χ3v) is 3.75. The van der Waals surface area contributed by atoms with Crippen LogP contribution < -0.4 is 5.73 Å². The molecule has 1 aromatic carbocycles. The molecule has 0 aliphatic rings. The Morgan fingerprint density at radius 3 is 2.61 bits per heavy atom. The Balaban J connectivity index is 2.27. The van der Waals surface area contributed by atoms with E-state index in [9.17, 15) is 0 Å². The van der Waals surface area contributed by atoms with Crippen molar-refractivity contribution < 1.29 is 0 Å². The lowest BCUT2D eigenvalue weighted by molar-refractivity contribution is 0.640. The summed E-state index contributed by atoms with van der Waals surface area (Å²) in [5.74, 6) is 0. The van der Waals surface area contributed by atoms with Crippen molar-refractivity contribution in [3.63, 3.8) is 0 Å². The van der Waals surface area contributed by atoms with E-state index in [1.807, 2.05) is 12.1 Å². The van der Waals surface area contributed by atoms with Gasteiger partial charge in [-0.25, -0.2) is 0 Å². The number of hydrogen-bond donors (Lipinski definition) is 1. The molecule has 0 aliphatic heterocycles. The van der Waals surface area contributed by atoms with E-state index >= 15 is 0 Å². The molecule has 96 valence electrons. The lowest BCUT2D eigenvalue weighted by atomic mass is 10.2. The fourth-order valence-corrected chi connectivity index (χ4v) is 2.22. The summed E-state index contributed by atoms with van der Waals surface area (Å²) >= 11 is 3.41. The highest BCUT2D eigenvalue weighted by Gasteiger charge is 2.06. The Kier molecular flexibility index (Phi) is 4.07. The minimum Gasteiger partial charge on any atom is -0.398 e. The van der Waals surface area contributed by atoms with Gasteiger partial charge < -0.3 is 5.73 Å². The van der Waals surface area contributed by atoms with E-state index in [1.165, 1.54) is 11.3 Å². The zero-order valence-corrected chi connectivity index (χ0v) is 12.4. The van der Waals surface area contributed by atoms with Crippen molar-refractivity contribution in [2.24, 2.45) is 0 Å². The first-order chi connectivity index (χ1) is 8.63. The molecular formula is C14H18BrN3. The molecule has 0 unspecified atom stereocenters. The highest BCUT2D eigenvalue weighted by atomic mass is 79.9. The van der Waals surface area contributed by atoms with Crippen LogP contribution in [0.1, 0.15) is 30.8 Å². The van der Waals surface area contributed by atoms with E-state index in [1.54, 1.807) is 0 Å². The topological polar surface area (TPSA) is 43.8 Å². The van der Waals surface area contributed by atoms with Crippen LogP contribution in [0, 0.1) is 0 Å². The van der Waals surface area contributed by atoms with Crippen LogP contribution in [0.3, 0.4) is 0 Å². The van der Waals surface area contributed by atoms with Crippen molar-refractivity contribution in [3.05, 3.63) is 45.7 Å². The SMILES string of the molecule is CCc1cc(CC)n(Cc2ccc(Br)c(N)c2)n1. The van der Waals surface area contributed by atoms with Crippen LogP contribution >= 0.6 is 15.9 Å². The van der Waals surface area contributed by atoms with Gasteiger partial charge in [0, 0.05) is 15.9 Å². The van der Waals surface area contributed by atoms with E-state index in [-0.39, 0.29) is 0 Å². The Bertz CT molecular complexity index is 546. The molecule has 3 nitrogen and oxygen atoms in total. The molecule has 0 saturated carbocycles. The van der Waals surface area contributed by atoms with Gasteiger partial charge in [0.25, 0.3) is 0 Å². The van der Waals surface area contributed by atoms with E-state index in [2.05, 4.69) is 51.7 Å². The quantitative estimate of drug-likeness (QED) is 0.880. The van der Waals surface area contributed by atoms with Gasteiger partial charge in [-0.3, -0.25) is 4.68 Å². The smallest absolute Gasteiger partial charge is 0.0663 e. The van der Waals surface area contributed by atoms with Crippen molar-refractivity contribution >= 4 is 21.6 Å². The van der Waals surface area contributed by atoms with Crippen LogP contribution in [-0.2, 0) is 19.4 Å². The van der Waals surface area contributed by atoms with E-state index < -0.39 is 0 Å². The average Bonchev–Trinajstić information content (AvgIpc) is 2.76. The van der Waals surface area contributed by atoms with Crippen LogP contribution in [0.15, 0.2) is 28.7 Å². The molecule has 0 bridgehead atoms. The third-order valence-electron chi connectivity index (χ3n) is 3.03. The standard InChI is InChI=1S/C14H18BrN3/c1-3-11-8-12(4-2)18(17-11)9-10-5-6-13(15)14(16)7-10/h5-8H,3-4,9,16H2,1-2H3. The predicted molar refractivity (Wildman–Crippen MR) is 78.6 cm³/mol. The predicted octanol–water partition coefficient (Wildman–Crippen LogP) is 3.40. The fourth-order valence-electron chi connectivity index (χ4n) is 1.97. The summed E-state index contributed by atoms with van der Waals surface area (Å²) in [6.45, 7) is 5.06. The fraction of sp³-hybridized carbons (Fsp3) is 0.357. The highest BCUT2D eigenvalue weighted by molar-refractivity contribution is 9.10. The van der Waals surface area contributed by atoms with Gasteiger partial charge >= 0.3 is 0 Å². The van der Waals surface area contributed by atoms with Gasteiger partial charge in [-0.15, -0.1) is 0 Å². The summed E-state index contributed by atoms with van der Waals surface area (Å²) in [7, 11) is 0. The second-order valence-electron chi connectivity index (χ2n) is 4.35. The first-order valence-corrected chi connectivity index (χ1v) is 7.02. The maximum atomic E-state index is 5.90. The first-order valence-electron chi connectivity index (χ1n) is 6.23. The van der Waals surface area contributed by atoms with Crippen molar-refractivity contribution in [1.29, 1.82) is 0 Å². The molecule has 0 radical (unpaired) electrons. The van der Waals surface area contributed by atoms with Crippen LogP contribution in [0.5, 0.6) is 0 Å². The molecule has 0 spiro atoms. The summed E-state index contributed by atoms with van der Waals surface area (Å²) in [6.07, 6.45) is 1.97. The zero-order valence-electron chi connectivity index (χ0n) is 10.8.